The summed E-state index contributed by atoms with van der Waals surface area (Å²) in [4.78, 5) is 37.5. The van der Waals surface area contributed by atoms with Crippen LogP contribution < -0.4 is 4.90 Å². The van der Waals surface area contributed by atoms with E-state index in [-0.39, 0.29) is 24.0 Å². The Hall–Kier alpha value is -3.36. The molecule has 0 bridgehead atoms. The summed E-state index contributed by atoms with van der Waals surface area (Å²) in [6.45, 7) is 0.207. The van der Waals surface area contributed by atoms with Crippen molar-refractivity contribution in [3.8, 4) is 0 Å². The molecule has 2 amide bonds. The van der Waals surface area contributed by atoms with Crippen LogP contribution in [0.25, 0.3) is 0 Å². The summed E-state index contributed by atoms with van der Waals surface area (Å²) in [7, 11) is 0. The van der Waals surface area contributed by atoms with Crippen LogP contribution in [0.1, 0.15) is 23.2 Å². The topological polar surface area (TPSA) is 83.8 Å². The monoisotopic (exact) mass is 375 g/mol. The van der Waals surface area contributed by atoms with Crippen LogP contribution in [0.15, 0.2) is 42.5 Å². The molecule has 1 saturated heterocycles. The number of nitro groups is 1. The second-order valence-electron chi connectivity index (χ2n) is 6.01. The number of non-ortho nitro benzene ring substituents is 1. The molecule has 0 atom stereocenters. The third-order valence-electron chi connectivity index (χ3n) is 4.28. The Morgan fingerprint density at radius 3 is 2.30 bits per heavy atom. The van der Waals surface area contributed by atoms with Gasteiger partial charge in [0.2, 0.25) is 5.91 Å². The van der Waals surface area contributed by atoms with Gasteiger partial charge in [0.1, 0.15) is 23.9 Å². The highest BCUT2D eigenvalue weighted by Crippen LogP contribution is 2.25. The molecule has 1 aliphatic heterocycles. The fourth-order valence-corrected chi connectivity index (χ4v) is 2.88. The van der Waals surface area contributed by atoms with E-state index in [9.17, 15) is 28.5 Å². The predicted octanol–water partition coefficient (Wildman–Crippen LogP) is 3.10. The largest absolute Gasteiger partial charge is 0.324 e. The van der Waals surface area contributed by atoms with E-state index in [0.717, 1.165) is 23.1 Å². The maximum absolute atomic E-state index is 14.1. The minimum atomic E-state index is -1.03. The standard InChI is InChI=1S/C18H15F2N3O4/c19-14-3-1-4-15(20)17(14)18(25)22(11-21-10-2-5-16(21)24)12-6-8-13(9-7-12)23(26)27/h1,3-4,6-9H,2,5,10-11H2. The number of halogens is 2. The predicted molar refractivity (Wildman–Crippen MR) is 92.1 cm³/mol. The number of rotatable bonds is 5. The third kappa shape index (κ3) is 3.76. The van der Waals surface area contributed by atoms with Crippen molar-refractivity contribution in [2.24, 2.45) is 0 Å². The Morgan fingerprint density at radius 1 is 1.15 bits per heavy atom. The van der Waals surface area contributed by atoms with Crippen LogP contribution in [-0.4, -0.2) is 34.9 Å². The minimum absolute atomic E-state index is 0.177. The lowest BCUT2D eigenvalue weighted by Crippen LogP contribution is -2.43. The molecule has 3 rings (SSSR count). The maximum atomic E-state index is 14.1. The lowest BCUT2D eigenvalue weighted by atomic mass is 10.1. The Morgan fingerprint density at radius 2 is 1.78 bits per heavy atom. The highest BCUT2D eigenvalue weighted by molar-refractivity contribution is 6.06. The van der Waals surface area contributed by atoms with Gasteiger partial charge in [-0.25, -0.2) is 8.78 Å². The smallest absolute Gasteiger partial charge is 0.269 e. The first kappa shape index (κ1) is 18.4. The number of likely N-dealkylation sites (tertiary alicyclic amines) is 1. The quantitative estimate of drug-likeness (QED) is 0.594. The number of nitro benzene ring substituents is 1. The zero-order chi connectivity index (χ0) is 19.6. The number of benzene rings is 2. The van der Waals surface area contributed by atoms with Gasteiger partial charge in [-0.2, -0.15) is 0 Å². The molecule has 7 nitrogen and oxygen atoms in total. The lowest BCUT2D eigenvalue weighted by Gasteiger charge is -2.28. The van der Waals surface area contributed by atoms with Crippen LogP contribution in [0.5, 0.6) is 0 Å². The van der Waals surface area contributed by atoms with E-state index in [1.54, 1.807) is 0 Å². The maximum Gasteiger partial charge on any atom is 0.269 e. The molecule has 0 aromatic heterocycles. The van der Waals surface area contributed by atoms with E-state index >= 15 is 0 Å². The molecule has 0 spiro atoms. The molecule has 0 radical (unpaired) electrons. The molecule has 0 unspecified atom stereocenters. The second-order valence-corrected chi connectivity index (χ2v) is 6.01. The zero-order valence-corrected chi connectivity index (χ0v) is 14.1. The van der Waals surface area contributed by atoms with Crippen LogP contribution in [0.3, 0.4) is 0 Å². The lowest BCUT2D eigenvalue weighted by molar-refractivity contribution is -0.384. The van der Waals surface area contributed by atoms with E-state index in [2.05, 4.69) is 0 Å². The van der Waals surface area contributed by atoms with Crippen molar-refractivity contribution in [2.45, 2.75) is 12.8 Å². The van der Waals surface area contributed by atoms with Crippen LogP contribution in [-0.2, 0) is 4.79 Å². The van der Waals surface area contributed by atoms with Gasteiger partial charge < -0.3 is 4.90 Å². The molecule has 0 N–H and O–H groups in total. The zero-order valence-electron chi connectivity index (χ0n) is 14.1. The molecule has 9 heteroatoms. The molecule has 2 aromatic carbocycles. The van der Waals surface area contributed by atoms with Crippen molar-refractivity contribution in [3.05, 3.63) is 69.8 Å². The van der Waals surface area contributed by atoms with Gasteiger partial charge in [-0.1, -0.05) is 6.07 Å². The van der Waals surface area contributed by atoms with Crippen molar-refractivity contribution in [2.75, 3.05) is 18.1 Å². The first-order valence-electron chi connectivity index (χ1n) is 8.16. The second kappa shape index (κ2) is 7.48. The number of hydrogen-bond acceptors (Lipinski definition) is 4. The molecule has 2 aromatic rings. The van der Waals surface area contributed by atoms with Crippen molar-refractivity contribution in [3.63, 3.8) is 0 Å². The highest BCUT2D eigenvalue weighted by Gasteiger charge is 2.29. The van der Waals surface area contributed by atoms with E-state index < -0.39 is 28.0 Å². The first-order chi connectivity index (χ1) is 12.9. The molecule has 1 fully saturated rings. The number of anilines is 1. The van der Waals surface area contributed by atoms with Gasteiger partial charge in [0, 0.05) is 30.8 Å². The van der Waals surface area contributed by atoms with Crippen LogP contribution in [0.4, 0.5) is 20.2 Å². The van der Waals surface area contributed by atoms with Crippen molar-refractivity contribution in [1.29, 1.82) is 0 Å². The van der Waals surface area contributed by atoms with E-state index in [4.69, 9.17) is 0 Å². The molecule has 1 heterocycles. The SMILES string of the molecule is O=C1CCCN1CN(C(=O)c1c(F)cccc1F)c1ccc([N+](=O)[O-])cc1. The molecular formula is C18H15F2N3O4. The number of amides is 2. The van der Waals surface area contributed by atoms with E-state index in [1.807, 2.05) is 0 Å². The van der Waals surface area contributed by atoms with Crippen molar-refractivity contribution < 1.29 is 23.3 Å². The summed E-state index contributed by atoms with van der Waals surface area (Å²) in [6.07, 6.45) is 0.950. The average Bonchev–Trinajstić information content (AvgIpc) is 3.04. The summed E-state index contributed by atoms with van der Waals surface area (Å²) in [5.74, 6) is -3.21. The summed E-state index contributed by atoms with van der Waals surface area (Å²) in [5.41, 5.74) is -0.754. The van der Waals surface area contributed by atoms with Crippen LogP contribution in [0.2, 0.25) is 0 Å². The van der Waals surface area contributed by atoms with Gasteiger partial charge in [0.05, 0.1) is 4.92 Å². The molecule has 27 heavy (non-hydrogen) atoms. The number of hydrogen-bond donors (Lipinski definition) is 0. The van der Waals surface area contributed by atoms with Gasteiger partial charge in [-0.15, -0.1) is 0 Å². The Bertz CT molecular complexity index is 882. The molecule has 140 valence electrons. The first-order valence-corrected chi connectivity index (χ1v) is 8.16. The Labute approximate surface area is 152 Å². The van der Waals surface area contributed by atoms with E-state index in [0.29, 0.717) is 19.4 Å². The minimum Gasteiger partial charge on any atom is -0.324 e. The number of carbonyl (C=O) groups excluding carboxylic acids is 2. The summed E-state index contributed by atoms with van der Waals surface area (Å²) >= 11 is 0. The van der Waals surface area contributed by atoms with Crippen LogP contribution >= 0.6 is 0 Å². The Balaban J connectivity index is 2.00. The van der Waals surface area contributed by atoms with Gasteiger partial charge >= 0.3 is 0 Å². The van der Waals surface area contributed by atoms with Crippen LogP contribution in [0, 0.1) is 21.7 Å². The van der Waals surface area contributed by atoms with Gasteiger partial charge in [-0.05, 0) is 30.7 Å². The van der Waals surface area contributed by atoms with Gasteiger partial charge in [-0.3, -0.25) is 24.6 Å². The molecular weight excluding hydrogens is 360 g/mol. The molecule has 1 aliphatic rings. The summed E-state index contributed by atoms with van der Waals surface area (Å²) < 4.78 is 28.2. The molecule has 0 aliphatic carbocycles. The number of carbonyl (C=O) groups is 2. The van der Waals surface area contributed by atoms with Crippen molar-refractivity contribution >= 4 is 23.2 Å². The summed E-state index contributed by atoms with van der Waals surface area (Å²) in [5, 5.41) is 10.8. The van der Waals surface area contributed by atoms with Crippen molar-refractivity contribution in [1.82, 2.24) is 4.90 Å². The molecule has 0 saturated carbocycles. The summed E-state index contributed by atoms with van der Waals surface area (Å²) in [6, 6.07) is 8.03. The average molecular weight is 375 g/mol. The van der Waals surface area contributed by atoms with E-state index in [1.165, 1.54) is 29.2 Å². The third-order valence-corrected chi connectivity index (χ3v) is 4.28. The fourth-order valence-electron chi connectivity index (χ4n) is 2.88. The van der Waals surface area contributed by atoms with Gasteiger partial charge in [0.25, 0.3) is 11.6 Å². The normalized spacial score (nSPS) is 13.7. The fraction of sp³-hybridized carbons (Fsp3) is 0.222. The Kier molecular flexibility index (Phi) is 5.11. The van der Waals surface area contributed by atoms with Gasteiger partial charge in [0.15, 0.2) is 0 Å². The highest BCUT2D eigenvalue weighted by atomic mass is 19.1. The number of nitrogens with zero attached hydrogens (tertiary/aromatic N) is 3.